The molecule has 3 N–H and O–H groups in total. The van der Waals surface area contributed by atoms with Crippen molar-refractivity contribution in [3.8, 4) is 0 Å². The van der Waals surface area contributed by atoms with Gasteiger partial charge in [-0.3, -0.25) is 11.3 Å². The third kappa shape index (κ3) is 5.53. The lowest BCUT2D eigenvalue weighted by atomic mass is 9.76. The van der Waals surface area contributed by atoms with Crippen LogP contribution in [-0.4, -0.2) is 6.04 Å². The van der Waals surface area contributed by atoms with Crippen LogP contribution in [0.2, 0.25) is 0 Å². The van der Waals surface area contributed by atoms with Crippen LogP contribution in [0.5, 0.6) is 0 Å². The first-order valence-electron chi connectivity index (χ1n) is 7.88. The summed E-state index contributed by atoms with van der Waals surface area (Å²) in [6.45, 7) is 6.09. The first kappa shape index (κ1) is 15.7. The van der Waals surface area contributed by atoms with Crippen LogP contribution in [0.25, 0.3) is 0 Å². The van der Waals surface area contributed by atoms with Crippen molar-refractivity contribution < 1.29 is 0 Å². The van der Waals surface area contributed by atoms with Gasteiger partial charge in [-0.15, -0.1) is 6.58 Å². The molecule has 2 nitrogen and oxygen atoms in total. The van der Waals surface area contributed by atoms with Crippen LogP contribution in [0, 0.1) is 11.8 Å². The van der Waals surface area contributed by atoms with Crippen molar-refractivity contribution in [2.75, 3.05) is 0 Å². The van der Waals surface area contributed by atoms with Gasteiger partial charge in [-0.25, -0.2) is 0 Å². The molecule has 1 aliphatic carbocycles. The number of nitrogens with one attached hydrogen (secondary N) is 1. The fraction of sp³-hybridized carbons (Fsp3) is 0.875. The van der Waals surface area contributed by atoms with E-state index in [4.69, 9.17) is 5.84 Å². The van der Waals surface area contributed by atoms with Crippen molar-refractivity contribution in [2.45, 2.75) is 77.2 Å². The van der Waals surface area contributed by atoms with Gasteiger partial charge in [0.1, 0.15) is 0 Å². The second-order valence-electron chi connectivity index (χ2n) is 5.89. The SMILES string of the molecule is C=CCCCCCC(NN)C1CCC(CC)CC1. The van der Waals surface area contributed by atoms with E-state index in [0.717, 1.165) is 18.3 Å². The molecule has 0 aliphatic heterocycles. The number of unbranched alkanes of at least 4 members (excludes halogenated alkanes) is 3. The predicted molar refractivity (Wildman–Crippen MR) is 80.1 cm³/mol. The van der Waals surface area contributed by atoms with Gasteiger partial charge in [-0.1, -0.05) is 45.1 Å². The predicted octanol–water partition coefficient (Wildman–Crippen LogP) is 4.17. The van der Waals surface area contributed by atoms with Crippen molar-refractivity contribution in [3.05, 3.63) is 12.7 Å². The highest BCUT2D eigenvalue weighted by Gasteiger charge is 2.25. The maximum Gasteiger partial charge on any atom is 0.0238 e. The highest BCUT2D eigenvalue weighted by atomic mass is 15.2. The molecule has 0 bridgehead atoms. The van der Waals surface area contributed by atoms with E-state index in [1.54, 1.807) is 0 Å². The van der Waals surface area contributed by atoms with Crippen LogP contribution < -0.4 is 11.3 Å². The molecule has 1 unspecified atom stereocenters. The lowest BCUT2D eigenvalue weighted by Crippen LogP contribution is -2.42. The molecule has 0 aromatic rings. The molecular formula is C16H32N2. The van der Waals surface area contributed by atoms with Crippen LogP contribution >= 0.6 is 0 Å². The maximum atomic E-state index is 5.75. The molecule has 0 radical (unpaired) electrons. The zero-order valence-corrected chi connectivity index (χ0v) is 12.2. The van der Waals surface area contributed by atoms with E-state index in [2.05, 4.69) is 18.9 Å². The van der Waals surface area contributed by atoms with E-state index < -0.39 is 0 Å². The summed E-state index contributed by atoms with van der Waals surface area (Å²) < 4.78 is 0. The molecule has 0 aromatic heterocycles. The van der Waals surface area contributed by atoms with Gasteiger partial charge in [0.05, 0.1) is 0 Å². The first-order valence-corrected chi connectivity index (χ1v) is 7.88. The van der Waals surface area contributed by atoms with E-state index in [-0.39, 0.29) is 0 Å². The Hall–Kier alpha value is -0.340. The Morgan fingerprint density at radius 1 is 1.22 bits per heavy atom. The second kappa shape index (κ2) is 9.57. The average molecular weight is 252 g/mol. The Labute approximate surface area is 113 Å². The molecule has 18 heavy (non-hydrogen) atoms. The Morgan fingerprint density at radius 2 is 1.94 bits per heavy atom. The van der Waals surface area contributed by atoms with Gasteiger partial charge in [-0.2, -0.15) is 0 Å². The average Bonchev–Trinajstić information content (AvgIpc) is 2.43. The lowest BCUT2D eigenvalue weighted by molar-refractivity contribution is 0.209. The normalized spacial score (nSPS) is 25.9. The molecule has 106 valence electrons. The van der Waals surface area contributed by atoms with E-state index >= 15 is 0 Å². The summed E-state index contributed by atoms with van der Waals surface area (Å²) in [6, 6.07) is 0.548. The van der Waals surface area contributed by atoms with Gasteiger partial charge in [0.25, 0.3) is 0 Å². The third-order valence-electron chi connectivity index (χ3n) is 4.68. The van der Waals surface area contributed by atoms with Gasteiger partial charge in [-0.05, 0) is 43.9 Å². The number of hydrogen-bond acceptors (Lipinski definition) is 2. The van der Waals surface area contributed by atoms with Crippen LogP contribution in [0.4, 0.5) is 0 Å². The van der Waals surface area contributed by atoms with E-state index in [1.165, 1.54) is 57.8 Å². The Morgan fingerprint density at radius 3 is 2.50 bits per heavy atom. The lowest BCUT2D eigenvalue weighted by Gasteiger charge is -2.33. The fourth-order valence-corrected chi connectivity index (χ4v) is 3.28. The van der Waals surface area contributed by atoms with E-state index in [9.17, 15) is 0 Å². The van der Waals surface area contributed by atoms with Crippen LogP contribution in [0.3, 0.4) is 0 Å². The number of rotatable bonds is 9. The van der Waals surface area contributed by atoms with Crippen LogP contribution in [-0.2, 0) is 0 Å². The number of hydrogen-bond donors (Lipinski definition) is 2. The number of allylic oxidation sites excluding steroid dienone is 1. The summed E-state index contributed by atoms with van der Waals surface area (Å²) >= 11 is 0. The summed E-state index contributed by atoms with van der Waals surface area (Å²) in [5.74, 6) is 7.54. The molecule has 1 atom stereocenters. The van der Waals surface area contributed by atoms with Gasteiger partial charge in [0, 0.05) is 6.04 Å². The summed E-state index contributed by atoms with van der Waals surface area (Å²) in [5.41, 5.74) is 3.08. The molecule has 0 amide bonds. The maximum absolute atomic E-state index is 5.75. The highest BCUT2D eigenvalue weighted by molar-refractivity contribution is 4.80. The van der Waals surface area contributed by atoms with Gasteiger partial charge in [0.15, 0.2) is 0 Å². The van der Waals surface area contributed by atoms with Crippen molar-refractivity contribution in [2.24, 2.45) is 17.7 Å². The van der Waals surface area contributed by atoms with Gasteiger partial charge >= 0.3 is 0 Å². The Kier molecular flexibility index (Phi) is 8.36. The molecule has 1 rings (SSSR count). The molecule has 1 saturated carbocycles. The molecule has 1 aliphatic rings. The molecule has 0 heterocycles. The Balaban J connectivity index is 2.18. The smallest absolute Gasteiger partial charge is 0.0238 e. The summed E-state index contributed by atoms with van der Waals surface area (Å²) in [7, 11) is 0. The second-order valence-corrected chi connectivity index (χ2v) is 5.89. The zero-order chi connectivity index (χ0) is 13.2. The van der Waals surface area contributed by atoms with E-state index in [0.29, 0.717) is 6.04 Å². The number of hydrazine groups is 1. The standard InChI is InChI=1S/C16H32N2/c1-3-5-6-7-8-9-16(18-17)15-12-10-14(4-2)11-13-15/h3,14-16,18H,1,4-13,17H2,2H3. The molecule has 0 spiro atoms. The van der Waals surface area contributed by atoms with Crippen molar-refractivity contribution in [1.82, 2.24) is 5.43 Å². The third-order valence-corrected chi connectivity index (χ3v) is 4.68. The monoisotopic (exact) mass is 252 g/mol. The van der Waals surface area contributed by atoms with Crippen molar-refractivity contribution in [3.63, 3.8) is 0 Å². The van der Waals surface area contributed by atoms with Crippen molar-refractivity contribution in [1.29, 1.82) is 0 Å². The molecule has 0 saturated heterocycles. The molecule has 1 fully saturated rings. The number of nitrogens with two attached hydrogens (primary N) is 1. The van der Waals surface area contributed by atoms with Crippen molar-refractivity contribution >= 4 is 0 Å². The summed E-state index contributed by atoms with van der Waals surface area (Å²) in [5, 5.41) is 0. The largest absolute Gasteiger partial charge is 0.271 e. The van der Waals surface area contributed by atoms with E-state index in [1.807, 2.05) is 6.08 Å². The minimum absolute atomic E-state index is 0.548. The summed E-state index contributed by atoms with van der Waals surface area (Å²) in [6.07, 6.45) is 15.2. The van der Waals surface area contributed by atoms with Gasteiger partial charge < -0.3 is 0 Å². The van der Waals surface area contributed by atoms with Crippen LogP contribution in [0.1, 0.15) is 71.1 Å². The topological polar surface area (TPSA) is 38.0 Å². The zero-order valence-electron chi connectivity index (χ0n) is 12.2. The Bertz CT molecular complexity index is 207. The first-order chi connectivity index (χ1) is 8.81. The minimum Gasteiger partial charge on any atom is -0.271 e. The molecular weight excluding hydrogens is 220 g/mol. The molecule has 2 heteroatoms. The molecule has 0 aromatic carbocycles. The highest BCUT2D eigenvalue weighted by Crippen LogP contribution is 2.33. The van der Waals surface area contributed by atoms with Gasteiger partial charge in [0.2, 0.25) is 0 Å². The summed E-state index contributed by atoms with van der Waals surface area (Å²) in [4.78, 5) is 0. The minimum atomic E-state index is 0.548. The van der Waals surface area contributed by atoms with Crippen LogP contribution in [0.15, 0.2) is 12.7 Å². The fourth-order valence-electron chi connectivity index (χ4n) is 3.28. The quantitative estimate of drug-likeness (QED) is 0.280.